The molecule has 8 heteroatoms. The van der Waals surface area contributed by atoms with Gasteiger partial charge in [0, 0.05) is 23.0 Å². The predicted molar refractivity (Wildman–Crippen MR) is 99.2 cm³/mol. The molecule has 3 aromatic rings. The van der Waals surface area contributed by atoms with Crippen LogP contribution < -0.4 is 0 Å². The molecule has 0 unspecified atom stereocenters. The molecule has 0 bridgehead atoms. The summed E-state index contributed by atoms with van der Waals surface area (Å²) in [6, 6.07) is 10.2. The van der Waals surface area contributed by atoms with Crippen molar-refractivity contribution in [1.82, 2.24) is 30.0 Å². The standard InChI is InChI=1S/C18H22N6OS/c1-2-11-23-18(19-21-22-23)13-26(25)12-16-15-9-6-10-17(15)24(20-16)14-7-4-3-5-8-14/h3-5,7-8H,2,6,9-13H2,1H3/t26-/m1/s1. The molecule has 0 amide bonds. The fraction of sp³-hybridized carbons (Fsp3) is 0.444. The van der Waals surface area contributed by atoms with Crippen molar-refractivity contribution >= 4 is 10.8 Å². The van der Waals surface area contributed by atoms with Crippen molar-refractivity contribution in [3.8, 4) is 5.69 Å². The maximum absolute atomic E-state index is 12.7. The average Bonchev–Trinajstić information content (AvgIpc) is 3.35. The van der Waals surface area contributed by atoms with Crippen molar-refractivity contribution in [1.29, 1.82) is 0 Å². The van der Waals surface area contributed by atoms with Crippen LogP contribution >= 0.6 is 0 Å². The van der Waals surface area contributed by atoms with E-state index in [2.05, 4.69) is 34.6 Å². The minimum atomic E-state index is -1.09. The van der Waals surface area contributed by atoms with Crippen LogP contribution in [-0.4, -0.2) is 34.2 Å². The Balaban J connectivity index is 1.55. The highest BCUT2D eigenvalue weighted by atomic mass is 32.2. The summed E-state index contributed by atoms with van der Waals surface area (Å²) < 4.78 is 16.5. The predicted octanol–water partition coefficient (Wildman–Crippen LogP) is 2.21. The summed E-state index contributed by atoms with van der Waals surface area (Å²) >= 11 is 0. The van der Waals surface area contributed by atoms with E-state index in [1.807, 2.05) is 22.9 Å². The Morgan fingerprint density at radius 3 is 2.81 bits per heavy atom. The van der Waals surface area contributed by atoms with Crippen LogP contribution in [0.4, 0.5) is 0 Å². The van der Waals surface area contributed by atoms with Crippen LogP contribution in [0, 0.1) is 0 Å². The van der Waals surface area contributed by atoms with E-state index in [9.17, 15) is 4.21 Å². The molecule has 1 atom stereocenters. The van der Waals surface area contributed by atoms with Gasteiger partial charge in [-0.15, -0.1) is 5.10 Å². The lowest BCUT2D eigenvalue weighted by Gasteiger charge is -2.05. The van der Waals surface area contributed by atoms with E-state index < -0.39 is 10.8 Å². The number of hydrogen-bond acceptors (Lipinski definition) is 5. The van der Waals surface area contributed by atoms with E-state index in [0.717, 1.165) is 43.6 Å². The van der Waals surface area contributed by atoms with Crippen LogP contribution in [0.5, 0.6) is 0 Å². The summed E-state index contributed by atoms with van der Waals surface area (Å²) in [5.74, 6) is 1.49. The topological polar surface area (TPSA) is 78.5 Å². The van der Waals surface area contributed by atoms with E-state index in [1.165, 1.54) is 11.3 Å². The van der Waals surface area contributed by atoms with E-state index in [0.29, 0.717) is 17.3 Å². The molecule has 2 aromatic heterocycles. The van der Waals surface area contributed by atoms with Crippen LogP contribution in [0.15, 0.2) is 30.3 Å². The minimum Gasteiger partial charge on any atom is -0.259 e. The van der Waals surface area contributed by atoms with Crippen molar-refractivity contribution in [2.45, 2.75) is 50.7 Å². The van der Waals surface area contributed by atoms with Gasteiger partial charge in [0.25, 0.3) is 0 Å². The van der Waals surface area contributed by atoms with Crippen molar-refractivity contribution in [3.63, 3.8) is 0 Å². The highest BCUT2D eigenvalue weighted by Crippen LogP contribution is 2.28. The Labute approximate surface area is 154 Å². The van der Waals surface area contributed by atoms with Crippen LogP contribution in [0.25, 0.3) is 5.69 Å². The SMILES string of the molecule is CCCn1nnnc1C[S@](=O)Cc1nn(-c2ccccc2)c2c1CCC2. The van der Waals surface area contributed by atoms with Crippen molar-refractivity contribution < 1.29 is 4.21 Å². The first-order valence-corrected chi connectivity index (χ1v) is 10.5. The monoisotopic (exact) mass is 370 g/mol. The van der Waals surface area contributed by atoms with Crippen molar-refractivity contribution in [2.24, 2.45) is 0 Å². The number of benzene rings is 1. The average molecular weight is 370 g/mol. The number of tetrazole rings is 1. The number of para-hydroxylation sites is 1. The van der Waals surface area contributed by atoms with Gasteiger partial charge in [0.2, 0.25) is 0 Å². The molecule has 4 rings (SSSR count). The van der Waals surface area contributed by atoms with Gasteiger partial charge in [-0.1, -0.05) is 25.1 Å². The minimum absolute atomic E-state index is 0.361. The third-order valence-corrected chi connectivity index (χ3v) is 5.82. The lowest BCUT2D eigenvalue weighted by atomic mass is 10.2. The van der Waals surface area contributed by atoms with Crippen LogP contribution in [0.1, 0.15) is 42.5 Å². The summed E-state index contributed by atoms with van der Waals surface area (Å²) in [6.45, 7) is 2.82. The molecule has 0 N–H and O–H groups in total. The van der Waals surface area contributed by atoms with Crippen molar-refractivity contribution in [2.75, 3.05) is 0 Å². The number of hydrogen-bond donors (Lipinski definition) is 0. The van der Waals surface area contributed by atoms with Gasteiger partial charge < -0.3 is 0 Å². The van der Waals surface area contributed by atoms with Gasteiger partial charge in [-0.05, 0) is 53.8 Å². The number of nitrogens with zero attached hydrogens (tertiary/aromatic N) is 6. The second-order valence-electron chi connectivity index (χ2n) is 6.52. The van der Waals surface area contributed by atoms with Crippen molar-refractivity contribution in [3.05, 3.63) is 53.1 Å². The largest absolute Gasteiger partial charge is 0.259 e. The molecule has 1 aliphatic carbocycles. The first-order chi connectivity index (χ1) is 12.8. The molecule has 2 heterocycles. The summed E-state index contributed by atoms with van der Waals surface area (Å²) in [5.41, 5.74) is 4.55. The first-order valence-electron chi connectivity index (χ1n) is 9.01. The normalized spacial score (nSPS) is 14.5. The molecule has 0 radical (unpaired) electrons. The maximum atomic E-state index is 12.7. The summed E-state index contributed by atoms with van der Waals surface area (Å²) in [7, 11) is -1.09. The fourth-order valence-corrected chi connectivity index (χ4v) is 4.61. The summed E-state index contributed by atoms with van der Waals surface area (Å²) in [5, 5.41) is 16.5. The molecule has 7 nitrogen and oxygen atoms in total. The van der Waals surface area contributed by atoms with Crippen LogP contribution in [0.3, 0.4) is 0 Å². The van der Waals surface area contributed by atoms with Gasteiger partial charge >= 0.3 is 0 Å². The Bertz CT molecular complexity index is 917. The van der Waals surface area contributed by atoms with Gasteiger partial charge in [-0.3, -0.25) is 4.21 Å². The molecule has 1 aliphatic rings. The Morgan fingerprint density at radius 1 is 1.15 bits per heavy atom. The number of aromatic nitrogens is 6. The lowest BCUT2D eigenvalue weighted by molar-refractivity contribution is 0.562. The number of aryl methyl sites for hydroxylation is 1. The zero-order valence-corrected chi connectivity index (χ0v) is 15.7. The van der Waals surface area contributed by atoms with E-state index >= 15 is 0 Å². The number of fused-ring (bicyclic) bond motifs is 1. The molecule has 0 fully saturated rings. The second-order valence-corrected chi connectivity index (χ2v) is 7.98. The molecular weight excluding hydrogens is 348 g/mol. The highest BCUT2D eigenvalue weighted by molar-refractivity contribution is 7.83. The van der Waals surface area contributed by atoms with E-state index in [1.54, 1.807) is 4.68 Å². The highest BCUT2D eigenvalue weighted by Gasteiger charge is 2.24. The summed E-state index contributed by atoms with van der Waals surface area (Å²) in [6.07, 6.45) is 4.12. The van der Waals surface area contributed by atoms with Gasteiger partial charge in [-0.2, -0.15) is 5.10 Å². The molecule has 0 aliphatic heterocycles. The van der Waals surface area contributed by atoms with E-state index in [-0.39, 0.29) is 0 Å². The van der Waals surface area contributed by atoms with Gasteiger partial charge in [-0.25, -0.2) is 9.36 Å². The van der Waals surface area contributed by atoms with Gasteiger partial charge in [0.15, 0.2) is 5.82 Å². The summed E-state index contributed by atoms with van der Waals surface area (Å²) in [4.78, 5) is 0. The second kappa shape index (κ2) is 7.49. The van der Waals surface area contributed by atoms with Crippen LogP contribution in [0.2, 0.25) is 0 Å². The Hall–Kier alpha value is -2.35. The zero-order chi connectivity index (χ0) is 17.9. The molecule has 26 heavy (non-hydrogen) atoms. The Morgan fingerprint density at radius 2 is 2.00 bits per heavy atom. The number of rotatable bonds is 7. The van der Waals surface area contributed by atoms with Crippen LogP contribution in [-0.2, 0) is 41.7 Å². The fourth-order valence-electron chi connectivity index (χ4n) is 3.47. The molecule has 0 saturated heterocycles. The third-order valence-electron chi connectivity index (χ3n) is 4.64. The molecule has 136 valence electrons. The molecule has 1 aromatic carbocycles. The van der Waals surface area contributed by atoms with Gasteiger partial charge in [0.1, 0.15) is 0 Å². The maximum Gasteiger partial charge on any atom is 0.163 e. The quantitative estimate of drug-likeness (QED) is 0.637. The first kappa shape index (κ1) is 17.1. The van der Waals surface area contributed by atoms with E-state index in [4.69, 9.17) is 5.10 Å². The molecular formula is C18H22N6OS. The third kappa shape index (κ3) is 3.33. The Kier molecular flexibility index (Phi) is 4.92. The molecule has 0 saturated carbocycles. The lowest BCUT2D eigenvalue weighted by Crippen LogP contribution is -2.10. The smallest absolute Gasteiger partial charge is 0.163 e. The zero-order valence-electron chi connectivity index (χ0n) is 14.8. The van der Waals surface area contributed by atoms with Gasteiger partial charge in [0.05, 0.1) is 22.9 Å². The molecule has 0 spiro atoms.